The van der Waals surface area contributed by atoms with Crippen LogP contribution in [0.5, 0.6) is 0 Å². The number of aromatic nitrogens is 1. The van der Waals surface area contributed by atoms with Crippen molar-refractivity contribution in [1.82, 2.24) is 14.4 Å². The summed E-state index contributed by atoms with van der Waals surface area (Å²) in [4.78, 5) is 22.5. The molecule has 0 saturated carbocycles. The molecule has 3 heterocycles. The molecule has 0 atom stereocenters. The molecule has 0 N–H and O–H groups in total. The highest BCUT2D eigenvalue weighted by Gasteiger charge is 2.48. The molecular formula is C19H21N3O4S. The van der Waals surface area contributed by atoms with Crippen LogP contribution in [0, 0.1) is 0 Å². The van der Waals surface area contributed by atoms with Crippen LogP contribution in [-0.4, -0.2) is 47.4 Å². The average molecular weight is 387 g/mol. The second kappa shape index (κ2) is 7.03. The number of piperidine rings is 1. The van der Waals surface area contributed by atoms with Gasteiger partial charge in [0.25, 0.3) is 0 Å². The minimum Gasteiger partial charge on any atom is -0.272 e. The summed E-state index contributed by atoms with van der Waals surface area (Å²) in [6, 6.07) is 12.8. The number of hydrogen-bond acceptors (Lipinski definition) is 5. The zero-order valence-corrected chi connectivity index (χ0v) is 15.6. The van der Waals surface area contributed by atoms with Crippen LogP contribution in [0.25, 0.3) is 0 Å². The van der Waals surface area contributed by atoms with E-state index in [2.05, 4.69) is 4.98 Å². The summed E-state index contributed by atoms with van der Waals surface area (Å²) in [7, 11) is -3.57. The topological polar surface area (TPSA) is 79.8 Å². The predicted octanol–water partition coefficient (Wildman–Crippen LogP) is 1.97. The number of sulfonamides is 1. The van der Waals surface area contributed by atoms with Gasteiger partial charge < -0.3 is 0 Å². The maximum absolute atomic E-state index is 12.7. The van der Waals surface area contributed by atoms with E-state index in [1.165, 1.54) is 15.6 Å². The number of amides is 1. The minimum atomic E-state index is -3.57. The second-order valence-corrected chi connectivity index (χ2v) is 8.90. The lowest BCUT2D eigenvalue weighted by molar-refractivity contribution is -0.212. The largest absolute Gasteiger partial charge is 0.272 e. The van der Waals surface area contributed by atoms with Crippen LogP contribution >= 0.6 is 0 Å². The highest BCUT2D eigenvalue weighted by Crippen LogP contribution is 2.38. The zero-order valence-electron chi connectivity index (χ0n) is 14.8. The molecule has 1 aromatic heterocycles. The van der Waals surface area contributed by atoms with Gasteiger partial charge in [0, 0.05) is 25.5 Å². The quantitative estimate of drug-likeness (QED) is 0.801. The summed E-state index contributed by atoms with van der Waals surface area (Å²) < 4.78 is 26.9. The lowest BCUT2D eigenvalue weighted by Crippen LogP contribution is -2.47. The SMILES string of the molecule is O=C1CC2(CCN(S(=O)(=O)c3cccnc3)CC2)ON1Cc1ccccc1. The monoisotopic (exact) mass is 387 g/mol. The molecule has 2 aliphatic rings. The Labute approximate surface area is 158 Å². The molecule has 2 aromatic rings. The van der Waals surface area contributed by atoms with Crippen molar-refractivity contribution < 1.29 is 18.0 Å². The molecule has 7 nitrogen and oxygen atoms in total. The van der Waals surface area contributed by atoms with Gasteiger partial charge in [0.1, 0.15) is 10.5 Å². The molecule has 2 fully saturated rings. The van der Waals surface area contributed by atoms with E-state index in [4.69, 9.17) is 4.84 Å². The van der Waals surface area contributed by atoms with Gasteiger partial charge in [0.05, 0.1) is 13.0 Å². The Morgan fingerprint density at radius 2 is 1.81 bits per heavy atom. The Morgan fingerprint density at radius 1 is 1.07 bits per heavy atom. The first-order valence-corrected chi connectivity index (χ1v) is 10.4. The number of pyridine rings is 1. The third-order valence-electron chi connectivity index (χ3n) is 5.13. The number of rotatable bonds is 4. The van der Waals surface area contributed by atoms with Crippen LogP contribution in [0.4, 0.5) is 0 Å². The molecule has 0 unspecified atom stereocenters. The Bertz CT molecular complexity index is 910. The van der Waals surface area contributed by atoms with E-state index in [0.29, 0.717) is 38.9 Å². The highest BCUT2D eigenvalue weighted by molar-refractivity contribution is 7.89. The van der Waals surface area contributed by atoms with Gasteiger partial charge in [-0.1, -0.05) is 30.3 Å². The molecule has 8 heteroatoms. The number of hydroxylamine groups is 2. The standard InChI is InChI=1S/C19H21N3O4S/c23-18-13-19(26-22(18)15-16-5-2-1-3-6-16)8-11-21(12-9-19)27(24,25)17-7-4-10-20-14-17/h1-7,10,14H,8-9,11-13,15H2. The Kier molecular flexibility index (Phi) is 4.71. The third kappa shape index (κ3) is 3.60. The minimum absolute atomic E-state index is 0.0533. The number of hydrogen-bond donors (Lipinski definition) is 0. The third-order valence-corrected chi connectivity index (χ3v) is 7.01. The van der Waals surface area contributed by atoms with Crippen LogP contribution in [0.1, 0.15) is 24.8 Å². The normalized spacial score (nSPS) is 20.3. The lowest BCUT2D eigenvalue weighted by atomic mass is 9.89. The average Bonchev–Trinajstić information content (AvgIpc) is 2.98. The molecule has 2 aliphatic heterocycles. The van der Waals surface area contributed by atoms with Crippen molar-refractivity contribution >= 4 is 15.9 Å². The fourth-order valence-corrected chi connectivity index (χ4v) is 5.01. The molecule has 142 valence electrons. The van der Waals surface area contributed by atoms with Crippen molar-refractivity contribution in [2.45, 2.75) is 36.3 Å². The summed E-state index contributed by atoms with van der Waals surface area (Å²) in [6.45, 7) is 1.05. The number of carbonyl (C=O) groups is 1. The Morgan fingerprint density at radius 3 is 2.48 bits per heavy atom. The van der Waals surface area contributed by atoms with E-state index in [1.54, 1.807) is 18.3 Å². The fourth-order valence-electron chi connectivity index (χ4n) is 3.60. The van der Waals surface area contributed by atoms with Gasteiger partial charge in [-0.2, -0.15) is 4.31 Å². The van der Waals surface area contributed by atoms with E-state index >= 15 is 0 Å². The molecule has 27 heavy (non-hydrogen) atoms. The van der Waals surface area contributed by atoms with Crippen molar-refractivity contribution in [3.8, 4) is 0 Å². The molecule has 1 amide bonds. The van der Waals surface area contributed by atoms with Crippen LogP contribution in [0.3, 0.4) is 0 Å². The van der Waals surface area contributed by atoms with E-state index in [0.717, 1.165) is 5.56 Å². The van der Waals surface area contributed by atoms with Crippen molar-refractivity contribution in [2.75, 3.05) is 13.1 Å². The lowest BCUT2D eigenvalue weighted by Gasteiger charge is -2.37. The van der Waals surface area contributed by atoms with E-state index in [1.807, 2.05) is 30.3 Å². The first-order valence-electron chi connectivity index (χ1n) is 8.92. The number of carbonyl (C=O) groups excluding carboxylic acids is 1. The molecule has 0 bridgehead atoms. The Hall–Kier alpha value is -2.29. The van der Waals surface area contributed by atoms with Gasteiger partial charge >= 0.3 is 0 Å². The molecule has 1 aromatic carbocycles. The summed E-state index contributed by atoms with van der Waals surface area (Å²) in [5, 5.41) is 1.42. The van der Waals surface area contributed by atoms with Crippen molar-refractivity contribution in [3.63, 3.8) is 0 Å². The molecule has 0 aliphatic carbocycles. The van der Waals surface area contributed by atoms with Gasteiger partial charge in [-0.25, -0.2) is 13.5 Å². The van der Waals surface area contributed by atoms with Crippen molar-refractivity contribution in [1.29, 1.82) is 0 Å². The van der Waals surface area contributed by atoms with Crippen LogP contribution in [-0.2, 0) is 26.2 Å². The maximum atomic E-state index is 12.7. The number of benzene rings is 1. The van der Waals surface area contributed by atoms with Gasteiger partial charge in [0.15, 0.2) is 0 Å². The second-order valence-electron chi connectivity index (χ2n) is 6.96. The van der Waals surface area contributed by atoms with Gasteiger partial charge in [-0.05, 0) is 30.5 Å². The van der Waals surface area contributed by atoms with E-state index in [-0.39, 0.29) is 10.8 Å². The zero-order chi connectivity index (χ0) is 18.9. The summed E-state index contributed by atoms with van der Waals surface area (Å²) in [5.41, 5.74) is 0.395. The van der Waals surface area contributed by atoms with Crippen LogP contribution < -0.4 is 0 Å². The van der Waals surface area contributed by atoms with Crippen LogP contribution in [0.15, 0.2) is 59.8 Å². The van der Waals surface area contributed by atoms with Gasteiger partial charge in [-0.3, -0.25) is 14.6 Å². The number of nitrogens with zero attached hydrogens (tertiary/aromatic N) is 3. The van der Waals surface area contributed by atoms with Gasteiger partial charge in [0.2, 0.25) is 15.9 Å². The summed E-state index contributed by atoms with van der Waals surface area (Å²) in [5.74, 6) is -0.0533. The van der Waals surface area contributed by atoms with Gasteiger partial charge in [-0.15, -0.1) is 0 Å². The molecular weight excluding hydrogens is 366 g/mol. The maximum Gasteiger partial charge on any atom is 0.249 e. The van der Waals surface area contributed by atoms with E-state index < -0.39 is 15.6 Å². The smallest absolute Gasteiger partial charge is 0.249 e. The molecule has 4 rings (SSSR count). The summed E-state index contributed by atoms with van der Waals surface area (Å²) in [6.07, 6.45) is 4.17. The Balaban J connectivity index is 1.42. The van der Waals surface area contributed by atoms with Crippen LogP contribution in [0.2, 0.25) is 0 Å². The fraction of sp³-hybridized carbons (Fsp3) is 0.368. The van der Waals surface area contributed by atoms with Crippen molar-refractivity contribution in [2.24, 2.45) is 0 Å². The predicted molar refractivity (Wildman–Crippen MR) is 97.7 cm³/mol. The van der Waals surface area contributed by atoms with E-state index in [9.17, 15) is 13.2 Å². The first-order chi connectivity index (χ1) is 13.0. The molecule has 2 saturated heterocycles. The highest BCUT2D eigenvalue weighted by atomic mass is 32.2. The summed E-state index contributed by atoms with van der Waals surface area (Å²) >= 11 is 0. The van der Waals surface area contributed by atoms with Crippen molar-refractivity contribution in [3.05, 3.63) is 60.4 Å². The molecule has 1 spiro atoms. The molecule has 0 radical (unpaired) electrons. The first kappa shape index (κ1) is 18.1.